The van der Waals surface area contributed by atoms with Crippen LogP contribution in [0.5, 0.6) is 0 Å². The van der Waals surface area contributed by atoms with Crippen molar-refractivity contribution in [3.05, 3.63) is 94.5 Å². The number of rotatable bonds is 4. The molecule has 0 spiro atoms. The number of carboxylic acid groups (broad SMARTS) is 1. The number of nitrogens with two attached hydrogens (primary N) is 1. The van der Waals surface area contributed by atoms with Crippen LogP contribution in [0, 0.1) is 0 Å². The number of carbonyl (C=O) groups is 1. The molecular weight excluding hydrogens is 392 g/mol. The Kier molecular flexibility index (Phi) is 6.63. The Morgan fingerprint density at radius 2 is 1.68 bits per heavy atom. The van der Waals surface area contributed by atoms with Gasteiger partial charge in [0.2, 0.25) is 0 Å². The van der Waals surface area contributed by atoms with Crippen LogP contribution in [-0.4, -0.2) is 11.1 Å². The molecule has 4 aromatic rings. The van der Waals surface area contributed by atoms with Gasteiger partial charge < -0.3 is 5.11 Å². The highest BCUT2D eigenvalue weighted by molar-refractivity contribution is 7.12. The minimum Gasteiger partial charge on any atom is -0.481 e. The van der Waals surface area contributed by atoms with E-state index in [2.05, 4.69) is 0 Å². The van der Waals surface area contributed by atoms with Gasteiger partial charge in [0.1, 0.15) is 12.7 Å². The number of anilines is 1. The number of hydrogen-bond donors (Lipinski definition) is 2. The van der Waals surface area contributed by atoms with E-state index in [-0.39, 0.29) is 6.42 Å². The third-order valence-electron chi connectivity index (χ3n) is 4.23. The van der Waals surface area contributed by atoms with Gasteiger partial charge in [-0.25, -0.2) is 4.57 Å². The lowest BCUT2D eigenvalue weighted by atomic mass is 10.0. The van der Waals surface area contributed by atoms with E-state index in [9.17, 15) is 4.79 Å². The Labute approximate surface area is 172 Å². The summed E-state index contributed by atoms with van der Waals surface area (Å²) < 4.78 is 1.98. The number of halogens is 1. The zero-order valence-electron chi connectivity index (χ0n) is 15.1. The van der Waals surface area contributed by atoms with Crippen LogP contribution in [-0.2, 0) is 17.8 Å². The van der Waals surface area contributed by atoms with Gasteiger partial charge in [0.05, 0.1) is 6.42 Å². The molecule has 1 heterocycles. The fourth-order valence-corrected chi connectivity index (χ4v) is 3.67. The zero-order valence-corrected chi connectivity index (χ0v) is 16.7. The van der Waals surface area contributed by atoms with Crippen LogP contribution in [0.2, 0.25) is 5.02 Å². The summed E-state index contributed by atoms with van der Waals surface area (Å²) in [7, 11) is 0. The third kappa shape index (κ3) is 5.09. The molecule has 0 atom stereocenters. The Morgan fingerprint density at radius 3 is 2.39 bits per heavy atom. The largest absolute Gasteiger partial charge is 0.481 e. The van der Waals surface area contributed by atoms with Crippen molar-refractivity contribution in [2.24, 2.45) is 0 Å². The molecule has 4 rings (SSSR count). The monoisotopic (exact) mass is 411 g/mol. The Bertz CT molecular complexity index is 1090. The van der Waals surface area contributed by atoms with Crippen LogP contribution in [0.1, 0.15) is 11.1 Å². The summed E-state index contributed by atoms with van der Waals surface area (Å²) in [6, 6.07) is 21.3. The first kappa shape index (κ1) is 19.9. The quantitative estimate of drug-likeness (QED) is 0.474. The molecule has 0 aliphatic rings. The lowest BCUT2D eigenvalue weighted by molar-refractivity contribution is -0.669. The molecule has 1 aromatic heterocycles. The molecule has 0 amide bonds. The van der Waals surface area contributed by atoms with E-state index in [1.54, 1.807) is 0 Å². The first-order valence-electron chi connectivity index (χ1n) is 8.69. The predicted molar refractivity (Wildman–Crippen MR) is 115 cm³/mol. The van der Waals surface area contributed by atoms with Crippen LogP contribution >= 0.6 is 22.9 Å². The molecule has 3 N–H and O–H groups in total. The van der Waals surface area contributed by atoms with Crippen LogP contribution in [0.3, 0.4) is 0 Å². The van der Waals surface area contributed by atoms with Crippen molar-refractivity contribution < 1.29 is 14.5 Å². The lowest BCUT2D eigenvalue weighted by Crippen LogP contribution is -2.34. The number of fused-ring (bicyclic) bond motifs is 1. The summed E-state index contributed by atoms with van der Waals surface area (Å²) in [5.41, 5.74) is 7.74. The van der Waals surface area contributed by atoms with Gasteiger partial charge in [-0.2, -0.15) is 0 Å². The van der Waals surface area contributed by atoms with Crippen molar-refractivity contribution in [3.63, 3.8) is 0 Å². The van der Waals surface area contributed by atoms with Crippen molar-refractivity contribution in [2.75, 3.05) is 5.73 Å². The number of hydrogen-bond acceptors (Lipinski definition) is 3. The molecule has 0 radical (unpaired) electrons. The molecule has 0 fully saturated rings. The van der Waals surface area contributed by atoms with Crippen molar-refractivity contribution >= 4 is 44.8 Å². The molecule has 0 aliphatic heterocycles. The fourth-order valence-electron chi connectivity index (χ4n) is 2.87. The summed E-state index contributed by atoms with van der Waals surface area (Å²) in [5, 5.41) is 14.4. The van der Waals surface area contributed by atoms with Crippen molar-refractivity contribution in [1.29, 1.82) is 0 Å². The Hall–Kier alpha value is -2.89. The number of thiazole rings is 1. The van der Waals surface area contributed by atoms with Gasteiger partial charge in [0.15, 0.2) is 0 Å². The van der Waals surface area contributed by atoms with E-state index < -0.39 is 5.97 Å². The number of aliphatic carboxylic acids is 1. The summed E-state index contributed by atoms with van der Waals surface area (Å²) in [4.78, 5) is 10.6. The average Bonchev–Trinajstić information content (AvgIpc) is 3.09. The van der Waals surface area contributed by atoms with E-state index >= 15 is 0 Å². The topological polar surface area (TPSA) is 67.2 Å². The number of nitrogen functional groups attached to an aromatic ring is 1. The van der Waals surface area contributed by atoms with Gasteiger partial charge in [0.25, 0.3) is 0 Å². The molecule has 142 valence electrons. The summed E-state index contributed by atoms with van der Waals surface area (Å²) in [6.07, 6.45) is 2.05. The molecule has 28 heavy (non-hydrogen) atoms. The Morgan fingerprint density at radius 1 is 1.00 bits per heavy atom. The van der Waals surface area contributed by atoms with Gasteiger partial charge in [-0.15, -0.1) is 0 Å². The van der Waals surface area contributed by atoms with E-state index in [4.69, 9.17) is 22.4 Å². The van der Waals surface area contributed by atoms with Crippen LogP contribution < -0.4 is 10.3 Å². The molecule has 0 saturated heterocycles. The molecule has 4 nitrogen and oxygen atoms in total. The first-order valence-corrected chi connectivity index (χ1v) is 9.94. The van der Waals surface area contributed by atoms with Crippen molar-refractivity contribution in [2.45, 2.75) is 13.0 Å². The molecule has 0 saturated carbocycles. The van der Waals surface area contributed by atoms with Crippen LogP contribution in [0.25, 0.3) is 10.8 Å². The third-order valence-corrected chi connectivity index (χ3v) is 5.34. The SMILES string of the molecule is Nc1scc[n+]1Cc1ccccc1Cl.O=C(O)Cc1cccc2ccccc12. The predicted octanol–water partition coefficient (Wildman–Crippen LogP) is 4.79. The van der Waals surface area contributed by atoms with Crippen LogP contribution in [0.4, 0.5) is 5.13 Å². The van der Waals surface area contributed by atoms with E-state index in [0.29, 0.717) is 0 Å². The second kappa shape index (κ2) is 9.35. The summed E-state index contributed by atoms with van der Waals surface area (Å²) in [5.74, 6) is -0.790. The number of aromatic nitrogens is 1. The lowest BCUT2D eigenvalue weighted by Gasteiger charge is -2.02. The highest BCUT2D eigenvalue weighted by Crippen LogP contribution is 2.18. The molecule has 0 unspecified atom stereocenters. The van der Waals surface area contributed by atoms with Gasteiger partial charge in [-0.1, -0.05) is 83.6 Å². The van der Waals surface area contributed by atoms with E-state index in [0.717, 1.165) is 38.6 Å². The maximum absolute atomic E-state index is 10.6. The van der Waals surface area contributed by atoms with Gasteiger partial charge >= 0.3 is 11.1 Å². The van der Waals surface area contributed by atoms with E-state index in [1.165, 1.54) is 11.3 Å². The normalized spacial score (nSPS) is 10.3. The zero-order chi connectivity index (χ0) is 19.9. The highest BCUT2D eigenvalue weighted by Gasteiger charge is 2.08. The summed E-state index contributed by atoms with van der Waals surface area (Å²) >= 11 is 7.57. The van der Waals surface area contributed by atoms with E-state index in [1.807, 2.05) is 82.9 Å². The number of carboxylic acids is 1. The summed E-state index contributed by atoms with van der Waals surface area (Å²) in [6.45, 7) is 0.731. The second-order valence-electron chi connectivity index (χ2n) is 6.17. The molecule has 0 aliphatic carbocycles. The minimum atomic E-state index is -0.790. The van der Waals surface area contributed by atoms with Gasteiger partial charge in [-0.05, 0) is 22.4 Å². The highest BCUT2D eigenvalue weighted by atomic mass is 35.5. The van der Waals surface area contributed by atoms with Crippen molar-refractivity contribution in [1.82, 2.24) is 0 Å². The van der Waals surface area contributed by atoms with Crippen molar-refractivity contribution in [3.8, 4) is 0 Å². The molecule has 6 heteroatoms. The fraction of sp³-hybridized carbons (Fsp3) is 0.0909. The number of nitrogens with zero attached hydrogens (tertiary/aromatic N) is 1. The van der Waals surface area contributed by atoms with Crippen LogP contribution in [0.15, 0.2) is 78.3 Å². The first-order chi connectivity index (χ1) is 13.5. The minimum absolute atomic E-state index is 0.0847. The van der Waals surface area contributed by atoms with Gasteiger partial charge in [-0.3, -0.25) is 10.5 Å². The molecular formula is C22H20ClN2O2S+. The maximum atomic E-state index is 10.6. The smallest absolute Gasteiger partial charge is 0.331 e. The average molecular weight is 412 g/mol. The Balaban J connectivity index is 0.000000161. The number of benzene rings is 3. The molecule has 0 bridgehead atoms. The second-order valence-corrected chi connectivity index (χ2v) is 7.50. The molecule has 3 aromatic carbocycles. The maximum Gasteiger partial charge on any atom is 0.331 e. The van der Waals surface area contributed by atoms with Gasteiger partial charge in [0, 0.05) is 16.0 Å². The standard InChI is InChI=1S/C12H10O2.C10H9ClN2S/c13-12(14)8-10-6-3-5-9-4-1-2-7-11(9)10;11-9-4-2-1-3-8(9)7-13-5-6-14-10(13)12/h1-7H,8H2,(H,13,14);1-6,12H,7H2/p+1.